The topological polar surface area (TPSA) is 21.3 Å². The van der Waals surface area contributed by atoms with E-state index in [1.54, 1.807) is 0 Å². The van der Waals surface area contributed by atoms with Crippen LogP contribution in [0.15, 0.2) is 24.3 Å². The Bertz CT molecular complexity index is 295. The summed E-state index contributed by atoms with van der Waals surface area (Å²) in [6, 6.07) is 7.73. The van der Waals surface area contributed by atoms with Gasteiger partial charge in [-0.1, -0.05) is 23.7 Å². The average molecular weight is 228 g/mol. The van der Waals surface area contributed by atoms with E-state index in [2.05, 4.69) is 19.2 Å². The van der Waals surface area contributed by atoms with Gasteiger partial charge in [0.15, 0.2) is 0 Å². The molecule has 0 atom stereocenters. The number of halogens is 1. The monoisotopic (exact) mass is 227 g/mol. The number of likely N-dealkylation sites (N-methyl/N-ethyl adjacent to an activating group) is 1. The van der Waals surface area contributed by atoms with Gasteiger partial charge in [0.2, 0.25) is 0 Å². The van der Waals surface area contributed by atoms with Crippen LogP contribution >= 0.6 is 11.6 Å². The highest BCUT2D eigenvalue weighted by Crippen LogP contribution is 2.14. The smallest absolute Gasteiger partial charge is 0.0754 e. The van der Waals surface area contributed by atoms with Crippen LogP contribution < -0.4 is 5.32 Å². The third-order valence-corrected chi connectivity index (χ3v) is 2.40. The summed E-state index contributed by atoms with van der Waals surface area (Å²) < 4.78 is 5.79. The molecule has 0 spiro atoms. The molecule has 0 aromatic heterocycles. The third-order valence-electron chi connectivity index (χ3n) is 2.15. The first-order valence-electron chi connectivity index (χ1n) is 5.06. The Balaban J connectivity index is 2.46. The summed E-state index contributed by atoms with van der Waals surface area (Å²) in [5.41, 5.74) is 0.998. The van der Waals surface area contributed by atoms with Crippen molar-refractivity contribution < 1.29 is 4.74 Å². The maximum Gasteiger partial charge on any atom is 0.0754 e. The van der Waals surface area contributed by atoms with Crippen molar-refractivity contribution in [2.45, 2.75) is 26.1 Å². The van der Waals surface area contributed by atoms with Crippen molar-refractivity contribution in [2.24, 2.45) is 0 Å². The highest BCUT2D eigenvalue weighted by atomic mass is 35.5. The first kappa shape index (κ1) is 12.5. The molecule has 1 aromatic carbocycles. The first-order chi connectivity index (χ1) is 7.03. The van der Waals surface area contributed by atoms with Crippen molar-refractivity contribution in [3.05, 3.63) is 34.9 Å². The van der Waals surface area contributed by atoms with Gasteiger partial charge in [-0.15, -0.1) is 0 Å². The molecule has 0 heterocycles. The van der Waals surface area contributed by atoms with Crippen LogP contribution in [0.1, 0.15) is 19.4 Å². The molecule has 0 saturated heterocycles. The van der Waals surface area contributed by atoms with Gasteiger partial charge in [-0.05, 0) is 38.6 Å². The van der Waals surface area contributed by atoms with E-state index in [0.29, 0.717) is 6.61 Å². The molecule has 0 aliphatic heterocycles. The van der Waals surface area contributed by atoms with Crippen LogP contribution in [0.2, 0.25) is 5.02 Å². The van der Waals surface area contributed by atoms with Crippen LogP contribution in [0, 0.1) is 0 Å². The Kier molecular flexibility index (Phi) is 4.58. The lowest BCUT2D eigenvalue weighted by molar-refractivity contribution is -0.0267. The summed E-state index contributed by atoms with van der Waals surface area (Å²) in [6.07, 6.45) is 0. The molecule has 1 aromatic rings. The second-order valence-electron chi connectivity index (χ2n) is 4.21. The van der Waals surface area contributed by atoms with Gasteiger partial charge in [0.25, 0.3) is 0 Å². The summed E-state index contributed by atoms with van der Waals surface area (Å²) >= 11 is 5.80. The van der Waals surface area contributed by atoms with Gasteiger partial charge in [0.1, 0.15) is 0 Å². The molecular weight excluding hydrogens is 210 g/mol. The van der Waals surface area contributed by atoms with E-state index in [9.17, 15) is 0 Å². The van der Waals surface area contributed by atoms with Crippen molar-refractivity contribution in [1.82, 2.24) is 5.32 Å². The highest BCUT2D eigenvalue weighted by Gasteiger charge is 2.16. The Morgan fingerprint density at radius 2 is 1.87 bits per heavy atom. The van der Waals surface area contributed by atoms with Crippen molar-refractivity contribution in [1.29, 1.82) is 0 Å². The van der Waals surface area contributed by atoms with E-state index < -0.39 is 0 Å². The average Bonchev–Trinajstić information content (AvgIpc) is 2.17. The maximum absolute atomic E-state index is 5.80. The minimum absolute atomic E-state index is 0.144. The van der Waals surface area contributed by atoms with Gasteiger partial charge < -0.3 is 10.1 Å². The Labute approximate surface area is 96.6 Å². The van der Waals surface area contributed by atoms with E-state index in [4.69, 9.17) is 16.3 Å². The van der Waals surface area contributed by atoms with E-state index in [1.807, 2.05) is 31.3 Å². The van der Waals surface area contributed by atoms with Crippen LogP contribution in [0.3, 0.4) is 0 Å². The fourth-order valence-electron chi connectivity index (χ4n) is 1.34. The van der Waals surface area contributed by atoms with Crippen molar-refractivity contribution >= 4 is 11.6 Å². The van der Waals surface area contributed by atoms with Gasteiger partial charge in [-0.2, -0.15) is 0 Å². The Morgan fingerprint density at radius 3 is 2.40 bits per heavy atom. The summed E-state index contributed by atoms with van der Waals surface area (Å²) in [5, 5.41) is 3.86. The van der Waals surface area contributed by atoms with Crippen molar-refractivity contribution in [2.75, 3.05) is 13.6 Å². The van der Waals surface area contributed by atoms with E-state index in [-0.39, 0.29) is 5.60 Å². The number of benzene rings is 1. The van der Waals surface area contributed by atoms with Gasteiger partial charge >= 0.3 is 0 Å². The normalized spacial score (nSPS) is 11.7. The molecule has 0 aliphatic carbocycles. The lowest BCUT2D eigenvalue weighted by Gasteiger charge is -2.25. The largest absolute Gasteiger partial charge is 0.370 e. The molecule has 2 nitrogen and oxygen atoms in total. The zero-order valence-corrected chi connectivity index (χ0v) is 10.3. The molecule has 15 heavy (non-hydrogen) atoms. The molecule has 84 valence electrons. The van der Waals surface area contributed by atoms with Gasteiger partial charge in [-0.25, -0.2) is 0 Å². The molecule has 0 unspecified atom stereocenters. The molecule has 0 amide bonds. The summed E-state index contributed by atoms with van der Waals surface area (Å²) in [6.45, 7) is 5.59. The van der Waals surface area contributed by atoms with Crippen LogP contribution in [-0.2, 0) is 11.3 Å². The zero-order valence-electron chi connectivity index (χ0n) is 9.51. The number of hydrogen-bond donors (Lipinski definition) is 1. The van der Waals surface area contributed by atoms with E-state index >= 15 is 0 Å². The molecule has 0 fully saturated rings. The number of ether oxygens (including phenoxy) is 1. The second-order valence-corrected chi connectivity index (χ2v) is 4.64. The Morgan fingerprint density at radius 1 is 1.27 bits per heavy atom. The quantitative estimate of drug-likeness (QED) is 0.835. The standard InChI is InChI=1S/C12H18ClNO/c1-12(2,9-14-3)15-8-10-4-6-11(13)7-5-10/h4-7,14H,8-9H2,1-3H3. The maximum atomic E-state index is 5.80. The van der Waals surface area contributed by atoms with Crippen LogP contribution in [0.4, 0.5) is 0 Å². The van der Waals surface area contributed by atoms with Crippen LogP contribution in [0.5, 0.6) is 0 Å². The van der Waals surface area contributed by atoms with Gasteiger partial charge in [0.05, 0.1) is 12.2 Å². The molecule has 1 rings (SSSR count). The van der Waals surface area contributed by atoms with Gasteiger partial charge in [0, 0.05) is 11.6 Å². The molecule has 0 radical (unpaired) electrons. The fraction of sp³-hybridized carbons (Fsp3) is 0.500. The van der Waals surface area contributed by atoms with Gasteiger partial charge in [-0.3, -0.25) is 0 Å². The fourth-order valence-corrected chi connectivity index (χ4v) is 1.46. The van der Waals surface area contributed by atoms with Crippen molar-refractivity contribution in [3.8, 4) is 0 Å². The summed E-state index contributed by atoms with van der Waals surface area (Å²) in [4.78, 5) is 0. The molecule has 0 aliphatic rings. The molecule has 3 heteroatoms. The molecule has 0 saturated carbocycles. The summed E-state index contributed by atoms with van der Waals surface area (Å²) in [7, 11) is 1.92. The zero-order chi connectivity index (χ0) is 11.3. The van der Waals surface area contributed by atoms with E-state index in [0.717, 1.165) is 17.1 Å². The third kappa shape index (κ3) is 4.65. The summed E-state index contributed by atoms with van der Waals surface area (Å²) in [5.74, 6) is 0. The van der Waals surface area contributed by atoms with E-state index in [1.165, 1.54) is 0 Å². The SMILES string of the molecule is CNCC(C)(C)OCc1ccc(Cl)cc1. The number of rotatable bonds is 5. The molecule has 0 bridgehead atoms. The van der Waals surface area contributed by atoms with Crippen molar-refractivity contribution in [3.63, 3.8) is 0 Å². The second kappa shape index (κ2) is 5.50. The minimum Gasteiger partial charge on any atom is -0.370 e. The minimum atomic E-state index is -0.144. The lowest BCUT2D eigenvalue weighted by Crippen LogP contribution is -2.35. The molecular formula is C12H18ClNO. The number of hydrogen-bond acceptors (Lipinski definition) is 2. The molecule has 1 N–H and O–H groups in total. The predicted octanol–water partition coefficient (Wildman–Crippen LogP) is 2.85. The number of nitrogens with one attached hydrogen (secondary N) is 1. The lowest BCUT2D eigenvalue weighted by atomic mass is 10.1. The Hall–Kier alpha value is -0.570. The van der Waals surface area contributed by atoms with Crippen LogP contribution in [0.25, 0.3) is 0 Å². The van der Waals surface area contributed by atoms with Crippen LogP contribution in [-0.4, -0.2) is 19.2 Å². The highest BCUT2D eigenvalue weighted by molar-refractivity contribution is 6.30. The predicted molar refractivity (Wildman–Crippen MR) is 64.2 cm³/mol. The first-order valence-corrected chi connectivity index (χ1v) is 5.44.